The molecule has 2 heterocycles. The molecule has 2 aromatic heterocycles. The Labute approximate surface area is 92.7 Å². The quantitative estimate of drug-likeness (QED) is 0.701. The molecule has 0 spiro atoms. The molecule has 0 atom stereocenters. The third-order valence-corrected chi connectivity index (χ3v) is 2.53. The summed E-state index contributed by atoms with van der Waals surface area (Å²) in [6, 6.07) is 0. The summed E-state index contributed by atoms with van der Waals surface area (Å²) < 4.78 is 3.11. The first-order valence-electron chi connectivity index (χ1n) is 5.02. The van der Waals surface area contributed by atoms with E-state index < -0.39 is 0 Å². The van der Waals surface area contributed by atoms with E-state index in [0.717, 1.165) is 0 Å². The van der Waals surface area contributed by atoms with Crippen LogP contribution in [0.2, 0.25) is 0 Å². The van der Waals surface area contributed by atoms with Gasteiger partial charge >= 0.3 is 5.69 Å². The van der Waals surface area contributed by atoms with Gasteiger partial charge in [-0.1, -0.05) is 0 Å². The van der Waals surface area contributed by atoms with Crippen LogP contribution in [0.15, 0.2) is 11.1 Å². The third kappa shape index (κ3) is 1.30. The lowest BCUT2D eigenvalue weighted by Gasteiger charge is -2.19. The maximum atomic E-state index is 12.1. The lowest BCUT2D eigenvalue weighted by molar-refractivity contribution is 0.390. The third-order valence-electron chi connectivity index (χ3n) is 2.53. The van der Waals surface area contributed by atoms with Gasteiger partial charge in [-0.15, -0.1) is 0 Å². The van der Waals surface area contributed by atoms with Crippen molar-refractivity contribution < 1.29 is 0 Å². The van der Waals surface area contributed by atoms with Gasteiger partial charge in [-0.05, 0) is 20.8 Å². The lowest BCUT2D eigenvalue weighted by Crippen LogP contribution is -2.34. The van der Waals surface area contributed by atoms with E-state index in [0.29, 0.717) is 17.0 Å². The second-order valence-corrected chi connectivity index (χ2v) is 4.78. The van der Waals surface area contributed by atoms with Gasteiger partial charge in [0.15, 0.2) is 11.5 Å². The lowest BCUT2D eigenvalue weighted by atomic mass is 10.1. The predicted octanol–water partition coefficient (Wildman–Crippen LogP) is 0.467. The Morgan fingerprint density at radius 1 is 1.31 bits per heavy atom. The van der Waals surface area contributed by atoms with E-state index in [1.54, 1.807) is 11.6 Å². The number of nitrogens with zero attached hydrogens (tertiary/aromatic N) is 4. The Bertz CT molecular complexity index is 602. The highest BCUT2D eigenvalue weighted by Crippen LogP contribution is 2.20. The fourth-order valence-corrected chi connectivity index (χ4v) is 1.81. The van der Waals surface area contributed by atoms with Gasteiger partial charge in [0.2, 0.25) is 0 Å². The molecule has 16 heavy (non-hydrogen) atoms. The van der Waals surface area contributed by atoms with Crippen LogP contribution in [0.25, 0.3) is 11.2 Å². The standard InChI is InChI=1S/C10H15N5O/c1-10(2,3)15-8-6(14(4)9(15)16)7(11)12-5-13-8/h5H,1-4H3,(H2,11,12,13). The molecule has 86 valence electrons. The van der Waals surface area contributed by atoms with E-state index in [9.17, 15) is 4.79 Å². The molecule has 0 amide bonds. The Morgan fingerprint density at radius 2 is 1.94 bits per heavy atom. The first-order valence-corrected chi connectivity index (χ1v) is 5.02. The van der Waals surface area contributed by atoms with Crippen molar-refractivity contribution in [2.75, 3.05) is 5.73 Å². The Hall–Kier alpha value is -1.85. The summed E-state index contributed by atoms with van der Waals surface area (Å²) >= 11 is 0. The maximum Gasteiger partial charge on any atom is 0.330 e. The van der Waals surface area contributed by atoms with E-state index >= 15 is 0 Å². The second kappa shape index (κ2) is 3.07. The van der Waals surface area contributed by atoms with Gasteiger partial charge < -0.3 is 5.73 Å². The molecule has 0 aliphatic heterocycles. The number of aromatic nitrogens is 4. The van der Waals surface area contributed by atoms with Crippen molar-refractivity contribution in [1.29, 1.82) is 0 Å². The number of aryl methyl sites for hydroxylation is 1. The van der Waals surface area contributed by atoms with Crippen LogP contribution < -0.4 is 11.4 Å². The molecule has 2 aromatic rings. The molecule has 0 unspecified atom stereocenters. The number of rotatable bonds is 0. The summed E-state index contributed by atoms with van der Waals surface area (Å²) in [6.07, 6.45) is 1.37. The predicted molar refractivity (Wildman–Crippen MR) is 62.2 cm³/mol. The molecule has 0 fully saturated rings. The molecule has 6 nitrogen and oxygen atoms in total. The normalized spacial score (nSPS) is 12.2. The summed E-state index contributed by atoms with van der Waals surface area (Å²) in [5.74, 6) is 0.326. The highest BCUT2D eigenvalue weighted by atomic mass is 16.1. The molecule has 0 aliphatic rings. The Kier molecular flexibility index (Phi) is 2.04. The summed E-state index contributed by atoms with van der Waals surface area (Å²) in [5, 5.41) is 0. The van der Waals surface area contributed by atoms with Crippen molar-refractivity contribution in [1.82, 2.24) is 19.1 Å². The van der Waals surface area contributed by atoms with Crippen molar-refractivity contribution in [2.24, 2.45) is 7.05 Å². The van der Waals surface area contributed by atoms with Gasteiger partial charge in [0.1, 0.15) is 11.8 Å². The molecule has 2 rings (SSSR count). The van der Waals surface area contributed by atoms with Gasteiger partial charge in [0, 0.05) is 12.6 Å². The summed E-state index contributed by atoms with van der Waals surface area (Å²) in [5.41, 5.74) is 6.45. The number of imidazole rings is 1. The zero-order valence-corrected chi connectivity index (χ0v) is 9.85. The highest BCUT2D eigenvalue weighted by Gasteiger charge is 2.23. The number of nitrogens with two attached hydrogens (primary N) is 1. The molecular weight excluding hydrogens is 206 g/mol. The first-order chi connectivity index (χ1) is 7.34. The van der Waals surface area contributed by atoms with E-state index in [2.05, 4.69) is 9.97 Å². The molecule has 0 saturated carbocycles. The number of anilines is 1. The summed E-state index contributed by atoms with van der Waals surface area (Å²) in [4.78, 5) is 20.1. The number of fused-ring (bicyclic) bond motifs is 1. The van der Waals surface area contributed by atoms with Crippen LogP contribution in [-0.2, 0) is 12.6 Å². The largest absolute Gasteiger partial charge is 0.382 e. The van der Waals surface area contributed by atoms with Crippen LogP contribution in [0.3, 0.4) is 0 Å². The van der Waals surface area contributed by atoms with E-state index in [1.165, 1.54) is 10.9 Å². The smallest absolute Gasteiger partial charge is 0.330 e. The van der Waals surface area contributed by atoms with Gasteiger partial charge in [0.05, 0.1) is 0 Å². The minimum atomic E-state index is -0.336. The van der Waals surface area contributed by atoms with Gasteiger partial charge in [-0.25, -0.2) is 14.8 Å². The average molecular weight is 221 g/mol. The highest BCUT2D eigenvalue weighted by molar-refractivity contribution is 5.82. The van der Waals surface area contributed by atoms with E-state index in [-0.39, 0.29) is 11.2 Å². The second-order valence-electron chi connectivity index (χ2n) is 4.78. The van der Waals surface area contributed by atoms with Crippen LogP contribution in [0.1, 0.15) is 20.8 Å². The number of hydrogen-bond donors (Lipinski definition) is 1. The molecule has 0 aliphatic carbocycles. The van der Waals surface area contributed by atoms with Crippen LogP contribution in [-0.4, -0.2) is 19.1 Å². The molecule has 0 radical (unpaired) electrons. The average Bonchev–Trinajstić information content (AvgIpc) is 2.39. The minimum absolute atomic E-state index is 0.130. The molecule has 6 heteroatoms. The molecular formula is C10H15N5O. The van der Waals surface area contributed by atoms with Crippen LogP contribution >= 0.6 is 0 Å². The fraction of sp³-hybridized carbons (Fsp3) is 0.500. The molecule has 2 N–H and O–H groups in total. The maximum absolute atomic E-state index is 12.1. The first kappa shape index (κ1) is 10.7. The molecule has 0 bridgehead atoms. The zero-order valence-electron chi connectivity index (χ0n) is 9.85. The molecule has 0 aromatic carbocycles. The number of nitrogen functional groups attached to an aromatic ring is 1. The van der Waals surface area contributed by atoms with E-state index in [4.69, 9.17) is 5.73 Å². The monoisotopic (exact) mass is 221 g/mol. The van der Waals surface area contributed by atoms with Crippen molar-refractivity contribution in [3.63, 3.8) is 0 Å². The SMILES string of the molecule is Cn1c(=O)n(C(C)(C)C)c2ncnc(N)c21. The fourth-order valence-electron chi connectivity index (χ4n) is 1.81. The summed E-state index contributed by atoms with van der Waals surface area (Å²) in [6.45, 7) is 5.85. The van der Waals surface area contributed by atoms with E-state index in [1.807, 2.05) is 20.8 Å². The van der Waals surface area contributed by atoms with Gasteiger partial charge in [-0.3, -0.25) is 9.13 Å². The van der Waals surface area contributed by atoms with Gasteiger partial charge in [0.25, 0.3) is 0 Å². The van der Waals surface area contributed by atoms with Crippen LogP contribution in [0, 0.1) is 0 Å². The van der Waals surface area contributed by atoms with Crippen LogP contribution in [0.4, 0.5) is 5.82 Å². The van der Waals surface area contributed by atoms with Crippen molar-refractivity contribution in [3.8, 4) is 0 Å². The van der Waals surface area contributed by atoms with Crippen LogP contribution in [0.5, 0.6) is 0 Å². The summed E-state index contributed by atoms with van der Waals surface area (Å²) in [7, 11) is 1.67. The van der Waals surface area contributed by atoms with Crippen molar-refractivity contribution in [3.05, 3.63) is 16.8 Å². The number of hydrogen-bond acceptors (Lipinski definition) is 4. The van der Waals surface area contributed by atoms with Crippen molar-refractivity contribution >= 4 is 17.0 Å². The Morgan fingerprint density at radius 3 is 2.50 bits per heavy atom. The Balaban J connectivity index is 3.02. The van der Waals surface area contributed by atoms with Gasteiger partial charge in [-0.2, -0.15) is 0 Å². The minimum Gasteiger partial charge on any atom is -0.382 e. The molecule has 0 saturated heterocycles. The topological polar surface area (TPSA) is 78.7 Å². The van der Waals surface area contributed by atoms with Crippen molar-refractivity contribution in [2.45, 2.75) is 26.3 Å². The zero-order chi connectivity index (χ0) is 12.1.